The maximum atomic E-state index is 12.2. The number of nitrogens with zero attached hydrogens (tertiary/aromatic N) is 2. The molecule has 193 valence electrons. The molecule has 0 unspecified atom stereocenters. The van der Waals surface area contributed by atoms with Crippen molar-refractivity contribution in [3.8, 4) is 28.9 Å². The summed E-state index contributed by atoms with van der Waals surface area (Å²) in [6.45, 7) is 1.93. The zero-order valence-electron chi connectivity index (χ0n) is 21.4. The number of urea groups is 1. The molecule has 3 N–H and O–H groups in total. The summed E-state index contributed by atoms with van der Waals surface area (Å²) in [5.74, 6) is 2.76. The Morgan fingerprint density at radius 1 is 0.842 bits per heavy atom. The van der Waals surface area contributed by atoms with Crippen LogP contribution in [0, 0.1) is 13.0 Å². The third-order valence-corrected chi connectivity index (χ3v) is 5.11. The summed E-state index contributed by atoms with van der Waals surface area (Å²) in [6.07, 6.45) is 3.06. The van der Waals surface area contributed by atoms with E-state index in [-0.39, 0.29) is 44.6 Å². The number of ether oxygens (including phenoxy) is 4. The van der Waals surface area contributed by atoms with Crippen molar-refractivity contribution in [2.24, 2.45) is 0 Å². The average Bonchev–Trinajstić information content (AvgIpc) is 2.90. The number of benzene rings is 3. The summed E-state index contributed by atoms with van der Waals surface area (Å²) >= 11 is 0. The third-order valence-electron chi connectivity index (χ3n) is 5.11. The molecule has 1 radical (unpaired) electrons. The first-order valence-electron chi connectivity index (χ1n) is 11.2. The van der Waals surface area contributed by atoms with E-state index in [9.17, 15) is 4.79 Å². The van der Waals surface area contributed by atoms with Crippen LogP contribution in [0.5, 0.6) is 28.9 Å². The molecule has 1 aromatic heterocycles. The Balaban J connectivity index is 0.00000400. The number of hydrogen-bond donors (Lipinski definition) is 3. The number of anilines is 4. The predicted octanol–water partition coefficient (Wildman–Crippen LogP) is 5.79. The van der Waals surface area contributed by atoms with Gasteiger partial charge in [-0.25, -0.2) is 4.79 Å². The molecule has 0 bridgehead atoms. The summed E-state index contributed by atoms with van der Waals surface area (Å²) in [5, 5.41) is 8.69. The minimum absolute atomic E-state index is 0. The minimum atomic E-state index is -0.359. The van der Waals surface area contributed by atoms with Crippen LogP contribution in [0.15, 0.2) is 67.0 Å². The van der Waals surface area contributed by atoms with Crippen molar-refractivity contribution in [3.63, 3.8) is 0 Å². The van der Waals surface area contributed by atoms with E-state index in [4.69, 9.17) is 18.9 Å². The largest absolute Gasteiger partial charge is 0.493 e. The first kappa shape index (κ1) is 28.7. The van der Waals surface area contributed by atoms with Crippen LogP contribution in [0.25, 0.3) is 0 Å². The average molecular weight is 589 g/mol. The topological polar surface area (TPSA) is 116 Å². The second kappa shape index (κ2) is 13.6. The molecule has 4 rings (SSSR count). The monoisotopic (exact) mass is 589 g/mol. The Labute approximate surface area is 246 Å². The van der Waals surface area contributed by atoms with Crippen LogP contribution in [0.3, 0.4) is 0 Å². The fraction of sp³-hybridized carbons (Fsp3) is 0.148. The number of nitrogens with one attached hydrogen (secondary N) is 3. The van der Waals surface area contributed by atoms with E-state index in [1.807, 2.05) is 19.1 Å². The molecule has 0 atom stereocenters. The SMILES string of the molecule is COc1cc(Nc2cncc(Oc3ccc(NC(=O)Nc4c[c-]c(C)cc4)cc3)n2)cc(OC)c1OC.[Y]. The number of amides is 2. The molecule has 0 spiro atoms. The summed E-state index contributed by atoms with van der Waals surface area (Å²) in [5.41, 5.74) is 2.92. The summed E-state index contributed by atoms with van der Waals surface area (Å²) < 4.78 is 22.0. The number of methoxy groups -OCH3 is 3. The van der Waals surface area contributed by atoms with Crippen LogP contribution in [0.1, 0.15) is 5.56 Å². The number of hydrogen-bond acceptors (Lipinski definition) is 8. The van der Waals surface area contributed by atoms with Gasteiger partial charge in [-0.05, 0) is 24.3 Å². The molecule has 0 saturated carbocycles. The molecule has 3 aromatic carbocycles. The molecular weight excluding hydrogens is 563 g/mol. The van der Waals surface area contributed by atoms with Crippen LogP contribution < -0.4 is 34.9 Å². The van der Waals surface area contributed by atoms with Crippen molar-refractivity contribution < 1.29 is 56.5 Å². The molecule has 0 aliphatic heterocycles. The minimum Gasteiger partial charge on any atom is -0.493 e. The first-order chi connectivity index (χ1) is 18.0. The van der Waals surface area contributed by atoms with Crippen molar-refractivity contribution in [1.29, 1.82) is 0 Å². The number of carbonyl (C=O) groups excluding carboxylic acids is 1. The maximum absolute atomic E-state index is 12.2. The zero-order valence-corrected chi connectivity index (χ0v) is 24.2. The van der Waals surface area contributed by atoms with Crippen LogP contribution in [-0.4, -0.2) is 37.3 Å². The molecule has 1 heterocycles. The smallest absolute Gasteiger partial charge is 0.312 e. The number of aryl methyl sites for hydroxylation is 1. The van der Waals surface area contributed by atoms with E-state index in [0.29, 0.717) is 45.9 Å². The van der Waals surface area contributed by atoms with Gasteiger partial charge in [0.25, 0.3) is 0 Å². The quantitative estimate of drug-likeness (QED) is 0.210. The Morgan fingerprint density at radius 3 is 2.11 bits per heavy atom. The molecule has 38 heavy (non-hydrogen) atoms. The number of aromatic nitrogens is 2. The van der Waals surface area contributed by atoms with Crippen molar-refractivity contribution in [1.82, 2.24) is 9.97 Å². The van der Waals surface area contributed by atoms with Crippen LogP contribution in [-0.2, 0) is 32.7 Å². The van der Waals surface area contributed by atoms with E-state index in [0.717, 1.165) is 5.56 Å². The van der Waals surface area contributed by atoms with Crippen molar-refractivity contribution >= 4 is 28.9 Å². The predicted molar refractivity (Wildman–Crippen MR) is 141 cm³/mol. The maximum Gasteiger partial charge on any atom is 0.312 e. The van der Waals surface area contributed by atoms with Crippen molar-refractivity contribution in [2.45, 2.75) is 6.92 Å². The molecule has 10 nitrogen and oxygen atoms in total. The Kier molecular flexibility index (Phi) is 10.3. The summed E-state index contributed by atoms with van der Waals surface area (Å²) in [4.78, 5) is 20.9. The number of carbonyl (C=O) groups is 1. The van der Waals surface area contributed by atoms with Crippen LogP contribution in [0.2, 0.25) is 0 Å². The number of rotatable bonds is 9. The van der Waals surface area contributed by atoms with Crippen molar-refractivity contribution in [3.05, 3.63) is 78.6 Å². The van der Waals surface area contributed by atoms with Gasteiger partial charge in [0.1, 0.15) is 5.75 Å². The fourth-order valence-electron chi connectivity index (χ4n) is 3.36. The van der Waals surface area contributed by atoms with Crippen LogP contribution >= 0.6 is 0 Å². The van der Waals surface area contributed by atoms with Crippen LogP contribution in [0.4, 0.5) is 27.7 Å². The standard InChI is InChI=1S/C27H26N5O5.Y/c1-17-5-7-18(8-6-17)30-27(33)31-19-9-11-21(12-10-19)37-25-16-28-15-24(32-25)29-20-13-22(34-2)26(36-4)23(14-20)35-3;/h5,7-16H,1-4H3,(H,29,32)(H2,30,31,33);/q-1;. The Hall–Kier alpha value is -3.89. The van der Waals surface area contributed by atoms with Gasteiger partial charge in [0.2, 0.25) is 11.6 Å². The normalized spacial score (nSPS) is 10.0. The van der Waals surface area contributed by atoms with Gasteiger partial charge in [0.15, 0.2) is 17.3 Å². The molecule has 0 aliphatic rings. The van der Waals surface area contributed by atoms with Gasteiger partial charge < -0.3 is 34.9 Å². The molecule has 11 heteroatoms. The van der Waals surface area contributed by atoms with E-state index < -0.39 is 0 Å². The third kappa shape index (κ3) is 7.56. The molecule has 0 saturated heterocycles. The molecular formula is C27H26N5O5Y-. The Bertz CT molecular complexity index is 1340. The summed E-state index contributed by atoms with van der Waals surface area (Å²) in [7, 11) is 4.64. The van der Waals surface area contributed by atoms with Gasteiger partial charge in [-0.15, -0.1) is 6.07 Å². The van der Waals surface area contributed by atoms with Gasteiger partial charge in [-0.3, -0.25) is 4.98 Å². The van der Waals surface area contributed by atoms with Gasteiger partial charge >= 0.3 is 6.03 Å². The van der Waals surface area contributed by atoms with Gasteiger partial charge in [0.05, 0.1) is 33.7 Å². The molecule has 4 aromatic rings. The van der Waals surface area contributed by atoms with E-state index in [2.05, 4.69) is 32.0 Å². The Morgan fingerprint density at radius 2 is 1.50 bits per heavy atom. The first-order valence-corrected chi connectivity index (χ1v) is 11.2. The van der Waals surface area contributed by atoms with E-state index in [1.54, 1.807) is 70.0 Å². The summed E-state index contributed by atoms with van der Waals surface area (Å²) in [6, 6.07) is 18.5. The van der Waals surface area contributed by atoms with Gasteiger partial charge in [0, 0.05) is 56.2 Å². The van der Waals surface area contributed by atoms with Gasteiger partial charge in [-0.1, -0.05) is 12.6 Å². The zero-order chi connectivity index (χ0) is 26.2. The van der Waals surface area contributed by atoms with E-state index >= 15 is 0 Å². The van der Waals surface area contributed by atoms with Crippen molar-refractivity contribution in [2.75, 3.05) is 37.3 Å². The second-order valence-corrected chi connectivity index (χ2v) is 7.75. The molecule has 2 amide bonds. The second-order valence-electron chi connectivity index (χ2n) is 7.75. The van der Waals surface area contributed by atoms with Gasteiger partial charge in [-0.2, -0.15) is 28.7 Å². The molecule has 0 aliphatic carbocycles. The fourth-order valence-corrected chi connectivity index (χ4v) is 3.36. The molecule has 0 fully saturated rings. The van der Waals surface area contributed by atoms with E-state index in [1.165, 1.54) is 6.20 Å².